The molecule has 5 rings (SSSR count). The number of hydrogen-bond acceptors (Lipinski definition) is 13. The first-order valence-corrected chi connectivity index (χ1v) is 23.2. The number of rotatable bonds is 14. The van der Waals surface area contributed by atoms with Crippen molar-refractivity contribution in [1.82, 2.24) is 16.0 Å². The number of carbonyl (C=O) groups is 6. The van der Waals surface area contributed by atoms with Crippen molar-refractivity contribution in [3.05, 3.63) is 76.3 Å². The first kappa shape index (κ1) is 54.1. The highest BCUT2D eigenvalue weighted by Crippen LogP contribution is 2.49. The maximum atomic E-state index is 14.4. The molecule has 4 bridgehead atoms. The van der Waals surface area contributed by atoms with Gasteiger partial charge in [-0.05, 0) is 82.6 Å². The van der Waals surface area contributed by atoms with Gasteiger partial charge in [-0.1, -0.05) is 54.5 Å². The molecule has 2 aromatic carbocycles. The van der Waals surface area contributed by atoms with Gasteiger partial charge in [-0.25, -0.2) is 9.59 Å². The number of allylic oxidation sites excluding steroid dienone is 3. The largest absolute Gasteiger partial charge is 0.487 e. The van der Waals surface area contributed by atoms with Gasteiger partial charge in [-0.15, -0.1) is 0 Å². The van der Waals surface area contributed by atoms with E-state index in [9.17, 15) is 33.9 Å². The Hall–Kier alpha value is -5.86. The molecule has 0 radical (unpaired) electrons. The molecule has 20 heteroatoms. The van der Waals surface area contributed by atoms with Gasteiger partial charge in [0.2, 0.25) is 23.6 Å². The van der Waals surface area contributed by atoms with E-state index < -0.39 is 89.4 Å². The van der Waals surface area contributed by atoms with Gasteiger partial charge in [-0.2, -0.15) is 0 Å². The quantitative estimate of drug-likeness (QED) is 0.0783. The number of aliphatic imine (C=N–C) groups is 1. The number of methoxy groups -OCH3 is 1. The summed E-state index contributed by atoms with van der Waals surface area (Å²) in [4.78, 5) is 83.6. The van der Waals surface area contributed by atoms with Gasteiger partial charge in [0.1, 0.15) is 59.9 Å². The van der Waals surface area contributed by atoms with Crippen molar-refractivity contribution in [3.8, 4) is 5.75 Å². The predicted octanol–water partition coefficient (Wildman–Crippen LogP) is 3.98. The molecule has 3 heterocycles. The number of fused-ring (bicyclic) bond motifs is 5. The summed E-state index contributed by atoms with van der Waals surface area (Å²) in [6.45, 7) is 10.1. The number of esters is 1. The molecule has 3 aliphatic rings. The fourth-order valence-electron chi connectivity index (χ4n) is 8.17. The molecule has 2 fully saturated rings. The van der Waals surface area contributed by atoms with Crippen molar-refractivity contribution in [3.63, 3.8) is 0 Å². The molecule has 2 aromatic rings. The maximum Gasteiger partial charge on any atom is 0.409 e. The molecule has 2 saturated heterocycles. The van der Waals surface area contributed by atoms with E-state index in [4.69, 9.17) is 35.3 Å². The number of alkyl carbamates (subject to hydrolysis) is 1. The third kappa shape index (κ3) is 14.4. The Morgan fingerprint density at radius 3 is 2.42 bits per heavy atom. The van der Waals surface area contributed by atoms with Gasteiger partial charge in [-0.3, -0.25) is 29.5 Å². The first-order chi connectivity index (χ1) is 32.4. The Morgan fingerprint density at radius 2 is 1.77 bits per heavy atom. The lowest BCUT2D eigenvalue weighted by Crippen LogP contribution is -2.63. The number of nitrogens with one attached hydrogen (secondary N) is 4. The lowest BCUT2D eigenvalue weighted by Gasteiger charge is -2.42. The molecule has 69 heavy (non-hydrogen) atoms. The molecule has 9 atom stereocenters. The van der Waals surface area contributed by atoms with Crippen LogP contribution in [0.25, 0.3) is 0 Å². The number of hydrogen-bond donors (Lipinski definition) is 5. The minimum Gasteiger partial charge on any atom is -0.487 e. The van der Waals surface area contributed by atoms with E-state index in [0.717, 1.165) is 16.7 Å². The average Bonchev–Trinajstić information content (AvgIpc) is 3.97. The van der Waals surface area contributed by atoms with E-state index in [2.05, 4.69) is 26.3 Å². The number of aliphatic hydroxyl groups is 1. The molecule has 376 valence electrons. The molecule has 0 aromatic heterocycles. The molecule has 2 unspecified atom stereocenters. The van der Waals surface area contributed by atoms with Gasteiger partial charge in [0.25, 0.3) is 0 Å². The number of ether oxygens (including phenoxy) is 5. The van der Waals surface area contributed by atoms with E-state index in [1.54, 1.807) is 69.4 Å². The van der Waals surface area contributed by atoms with Crippen LogP contribution in [0.5, 0.6) is 5.75 Å². The van der Waals surface area contributed by atoms with Crippen LogP contribution < -0.4 is 30.9 Å². The number of anilines is 2. The highest BCUT2D eigenvalue weighted by molar-refractivity contribution is 6.35. The van der Waals surface area contributed by atoms with Crippen LogP contribution in [0.2, 0.25) is 5.02 Å². The van der Waals surface area contributed by atoms with Crippen LogP contribution in [0.4, 0.5) is 16.2 Å². The number of benzene rings is 2. The summed E-state index contributed by atoms with van der Waals surface area (Å²) in [7, 11) is 8.53. The number of epoxide rings is 1. The lowest BCUT2D eigenvalue weighted by atomic mass is 9.83. The van der Waals surface area contributed by atoms with Crippen molar-refractivity contribution in [1.29, 1.82) is 0 Å². The number of amides is 5. The molecule has 0 spiro atoms. The SMILES string of the molecule is C/C=N/CC(=O)NC(C)C(=O)NC(C)C(=O)Nc1ccc(COc2cc3cc(c2Cl)N(C)C(=O)C[C@H](OC(=O)C[N+](C)(C)C)[C@]2(C)O[C@H]2[C@H](C)[C@@H]2C[C@@](O)(NC(=O)O2)[C@H](OC)/C=C/C=C(\C)C3)cc1. The highest BCUT2D eigenvalue weighted by atomic mass is 35.5. The van der Waals surface area contributed by atoms with Crippen LogP contribution in [-0.2, 0) is 55.9 Å². The zero-order chi connectivity index (χ0) is 51.0. The molecule has 0 aliphatic carbocycles. The Bertz CT molecular complexity index is 2330. The van der Waals surface area contributed by atoms with E-state index in [-0.39, 0.29) is 47.8 Å². The van der Waals surface area contributed by atoms with Crippen molar-refractivity contribution in [2.75, 3.05) is 58.6 Å². The van der Waals surface area contributed by atoms with Crippen molar-refractivity contribution < 1.29 is 62.0 Å². The smallest absolute Gasteiger partial charge is 0.409 e. The van der Waals surface area contributed by atoms with E-state index in [1.807, 2.05) is 41.1 Å². The zero-order valence-corrected chi connectivity index (χ0v) is 42.0. The Balaban J connectivity index is 1.39. The first-order valence-electron chi connectivity index (χ1n) is 22.8. The number of carbonyl (C=O) groups excluding carboxylic acids is 6. The summed E-state index contributed by atoms with van der Waals surface area (Å²) in [6.07, 6.45) is 2.38. The Kier molecular flexibility index (Phi) is 17.8. The fraction of sp³-hybridized carbons (Fsp3) is 0.531. The van der Waals surface area contributed by atoms with Crippen LogP contribution in [-0.4, -0.2) is 148 Å². The highest BCUT2D eigenvalue weighted by Gasteiger charge is 2.64. The number of halogens is 1. The normalized spacial score (nSPS) is 27.3. The van der Waals surface area contributed by atoms with E-state index >= 15 is 0 Å². The van der Waals surface area contributed by atoms with Crippen LogP contribution in [0, 0.1) is 5.92 Å². The van der Waals surface area contributed by atoms with Crippen molar-refractivity contribution >= 4 is 64.9 Å². The minimum atomic E-state index is -1.85. The molecule has 5 amide bonds. The number of nitrogens with zero attached hydrogens (tertiary/aromatic N) is 3. The molecule has 3 aliphatic heterocycles. The summed E-state index contributed by atoms with van der Waals surface area (Å²) in [5.41, 5.74) is 0.117. The van der Waals surface area contributed by atoms with Gasteiger partial charge in [0.05, 0.1) is 39.4 Å². The minimum absolute atomic E-state index is 0.0120. The van der Waals surface area contributed by atoms with Crippen molar-refractivity contribution in [2.24, 2.45) is 10.9 Å². The van der Waals surface area contributed by atoms with E-state index in [1.165, 1.54) is 32.1 Å². The van der Waals surface area contributed by atoms with Gasteiger partial charge in [0, 0.05) is 32.2 Å². The van der Waals surface area contributed by atoms with E-state index in [0.29, 0.717) is 17.8 Å². The summed E-state index contributed by atoms with van der Waals surface area (Å²) in [6, 6.07) is 8.64. The van der Waals surface area contributed by atoms with Gasteiger partial charge >= 0.3 is 12.1 Å². The topological polar surface area (TPSA) is 236 Å². The summed E-state index contributed by atoms with van der Waals surface area (Å²) in [5.74, 6) is -2.64. The monoisotopic (exact) mass is 980 g/mol. The molecule has 0 saturated carbocycles. The molecular weight excluding hydrogens is 914 g/mol. The maximum absolute atomic E-state index is 14.4. The Morgan fingerprint density at radius 1 is 1.09 bits per heavy atom. The molecule has 19 nitrogen and oxygen atoms in total. The average molecular weight is 982 g/mol. The zero-order valence-electron chi connectivity index (χ0n) is 41.2. The summed E-state index contributed by atoms with van der Waals surface area (Å²) in [5, 5.41) is 22.4. The fourth-order valence-corrected chi connectivity index (χ4v) is 8.46. The van der Waals surface area contributed by atoms with Crippen LogP contribution in [0.1, 0.15) is 65.5 Å². The summed E-state index contributed by atoms with van der Waals surface area (Å²) < 4.78 is 30.3. The number of likely N-dealkylation sites (N-methyl/N-ethyl adjacent to an activating group) is 1. The third-order valence-corrected chi connectivity index (χ3v) is 12.5. The second kappa shape index (κ2) is 22.7. The third-order valence-electron chi connectivity index (χ3n) is 12.2. The second-order valence-electron chi connectivity index (χ2n) is 19.1. The molecule has 5 N–H and O–H groups in total. The Labute approximate surface area is 408 Å². The summed E-state index contributed by atoms with van der Waals surface area (Å²) >= 11 is 7.09. The van der Waals surface area contributed by atoms with Crippen molar-refractivity contribution in [2.45, 2.75) is 115 Å². The van der Waals surface area contributed by atoms with Gasteiger partial charge in [0.15, 0.2) is 12.3 Å². The van der Waals surface area contributed by atoms with Crippen LogP contribution >= 0.6 is 11.6 Å². The second-order valence-corrected chi connectivity index (χ2v) is 19.5. The van der Waals surface area contributed by atoms with Crippen LogP contribution in [0.15, 0.2) is 65.2 Å². The lowest BCUT2D eigenvalue weighted by molar-refractivity contribution is -0.862. The molecular formula is C49H67ClN7O12+. The standard InChI is InChI=1S/C49H66ClN7O12/c1-12-51-25-40(58)52-30(4)45(61)53-31(5)46(62)54-34-18-16-32(17-19-34)27-66-36-22-33-20-28(2)14-13-15-38(65-11)49(64)24-37(67-47(63)55-49)29(3)44-48(6,69-44)39(68-42(60)26-57(8,9)10)23-41(59)56(7)35(21-33)43(36)50/h12-19,21-22,29-31,37-39,44,64H,20,23-27H2,1-11H3,(H3-,52,53,54,55,58,61,62,63)/p+1/b15-13+,28-14+,51-12+/t29-,30?,31?,37+,38-,39+,44+,48+,49+/m1/s1. The van der Waals surface area contributed by atoms with Gasteiger partial charge < -0.3 is 54.1 Å². The van der Waals surface area contributed by atoms with Crippen LogP contribution in [0.3, 0.4) is 0 Å². The number of quaternary nitrogens is 1. The predicted molar refractivity (Wildman–Crippen MR) is 259 cm³/mol.